The number of hydrogen-bond donors (Lipinski definition) is 4. The quantitative estimate of drug-likeness (QED) is 0.544. The molecular formula is C16H21NO6. The van der Waals surface area contributed by atoms with E-state index in [9.17, 15) is 24.6 Å². The zero-order chi connectivity index (χ0) is 17.4. The summed E-state index contributed by atoms with van der Waals surface area (Å²) in [6.07, 6.45) is 0.548. The predicted molar refractivity (Wildman–Crippen MR) is 82.0 cm³/mol. The van der Waals surface area contributed by atoms with Crippen molar-refractivity contribution in [3.8, 4) is 5.75 Å². The first-order chi connectivity index (χ1) is 10.8. The van der Waals surface area contributed by atoms with Gasteiger partial charge in [-0.05, 0) is 30.5 Å². The highest BCUT2D eigenvalue weighted by molar-refractivity contribution is 5.85. The highest BCUT2D eigenvalue weighted by Crippen LogP contribution is 2.14. The van der Waals surface area contributed by atoms with Gasteiger partial charge in [0.2, 0.25) is 5.91 Å². The van der Waals surface area contributed by atoms with Crippen LogP contribution in [0.1, 0.15) is 31.7 Å². The molecule has 0 aliphatic heterocycles. The molecule has 7 heteroatoms. The third-order valence-corrected chi connectivity index (χ3v) is 3.56. The summed E-state index contributed by atoms with van der Waals surface area (Å²) in [5, 5.41) is 29.6. The second-order valence-electron chi connectivity index (χ2n) is 5.31. The third-order valence-electron chi connectivity index (χ3n) is 3.56. The Hall–Kier alpha value is -2.57. The van der Waals surface area contributed by atoms with E-state index < -0.39 is 29.8 Å². The van der Waals surface area contributed by atoms with E-state index in [1.165, 1.54) is 12.1 Å². The fraction of sp³-hybridized carbons (Fsp3) is 0.438. The van der Waals surface area contributed by atoms with E-state index in [0.717, 1.165) is 0 Å². The zero-order valence-electron chi connectivity index (χ0n) is 12.9. The van der Waals surface area contributed by atoms with Gasteiger partial charge in [-0.25, -0.2) is 4.79 Å². The average molecular weight is 323 g/mol. The standard InChI is InChI=1S/C16H21NO6/c1-2-11(5-8-14(19)20)15(21)17-13(16(22)23)9-10-3-6-12(18)7-4-10/h3-4,6-7,11,13,18H,2,5,8-9H2,1H3,(H,17,21)(H,19,20)(H,22,23)/t11?,13-/m0/s1. The maximum absolute atomic E-state index is 12.1. The van der Waals surface area contributed by atoms with Crippen molar-refractivity contribution in [2.24, 2.45) is 5.92 Å². The largest absolute Gasteiger partial charge is 0.508 e. The van der Waals surface area contributed by atoms with Crippen LogP contribution in [-0.2, 0) is 20.8 Å². The van der Waals surface area contributed by atoms with Gasteiger partial charge >= 0.3 is 11.9 Å². The van der Waals surface area contributed by atoms with Gasteiger partial charge in [0.1, 0.15) is 11.8 Å². The molecule has 4 N–H and O–H groups in total. The van der Waals surface area contributed by atoms with Crippen molar-refractivity contribution in [3.63, 3.8) is 0 Å². The molecule has 0 aromatic heterocycles. The van der Waals surface area contributed by atoms with Gasteiger partial charge in [0.25, 0.3) is 0 Å². The maximum atomic E-state index is 12.1. The Morgan fingerprint density at radius 3 is 2.22 bits per heavy atom. The summed E-state index contributed by atoms with van der Waals surface area (Å²) in [4.78, 5) is 34.1. The van der Waals surface area contributed by atoms with Gasteiger partial charge in [-0.2, -0.15) is 0 Å². The number of carboxylic acid groups (broad SMARTS) is 2. The second-order valence-corrected chi connectivity index (χ2v) is 5.31. The molecule has 0 radical (unpaired) electrons. The molecule has 1 aromatic carbocycles. The molecule has 126 valence electrons. The number of carbonyl (C=O) groups excluding carboxylic acids is 1. The van der Waals surface area contributed by atoms with Crippen LogP contribution in [0.5, 0.6) is 5.75 Å². The Labute approximate surface area is 133 Å². The molecule has 0 heterocycles. The van der Waals surface area contributed by atoms with Crippen LogP contribution >= 0.6 is 0 Å². The van der Waals surface area contributed by atoms with Crippen LogP contribution in [0.3, 0.4) is 0 Å². The van der Waals surface area contributed by atoms with Gasteiger partial charge in [-0.1, -0.05) is 19.1 Å². The maximum Gasteiger partial charge on any atom is 0.326 e. The van der Waals surface area contributed by atoms with Gasteiger partial charge in [0, 0.05) is 18.8 Å². The molecule has 0 aliphatic carbocycles. The van der Waals surface area contributed by atoms with Crippen LogP contribution in [0.15, 0.2) is 24.3 Å². The average Bonchev–Trinajstić information content (AvgIpc) is 2.49. The first-order valence-electron chi connectivity index (χ1n) is 7.36. The van der Waals surface area contributed by atoms with Crippen LogP contribution in [0, 0.1) is 5.92 Å². The molecule has 1 rings (SSSR count). The van der Waals surface area contributed by atoms with E-state index in [1.54, 1.807) is 19.1 Å². The van der Waals surface area contributed by atoms with Crippen molar-refractivity contribution in [1.29, 1.82) is 0 Å². The number of carbonyl (C=O) groups is 3. The lowest BCUT2D eigenvalue weighted by Crippen LogP contribution is -2.45. The number of amides is 1. The molecule has 1 amide bonds. The molecular weight excluding hydrogens is 302 g/mol. The summed E-state index contributed by atoms with van der Waals surface area (Å²) in [7, 11) is 0. The Bertz CT molecular complexity index is 554. The van der Waals surface area contributed by atoms with Crippen LogP contribution in [0.2, 0.25) is 0 Å². The fourth-order valence-corrected chi connectivity index (χ4v) is 2.18. The number of nitrogens with one attached hydrogen (secondary N) is 1. The normalized spacial score (nSPS) is 13.1. The van der Waals surface area contributed by atoms with E-state index in [0.29, 0.717) is 12.0 Å². The van der Waals surface area contributed by atoms with Crippen molar-refractivity contribution in [2.45, 2.75) is 38.6 Å². The fourth-order valence-electron chi connectivity index (χ4n) is 2.18. The molecule has 0 saturated carbocycles. The van der Waals surface area contributed by atoms with Crippen LogP contribution in [0.25, 0.3) is 0 Å². The van der Waals surface area contributed by atoms with E-state index in [4.69, 9.17) is 5.11 Å². The van der Waals surface area contributed by atoms with E-state index in [2.05, 4.69) is 5.32 Å². The number of phenols is 1. The minimum atomic E-state index is -1.17. The number of hydrogen-bond acceptors (Lipinski definition) is 4. The van der Waals surface area contributed by atoms with Crippen molar-refractivity contribution < 1.29 is 29.7 Å². The first kappa shape index (κ1) is 18.5. The molecule has 0 aliphatic rings. The molecule has 23 heavy (non-hydrogen) atoms. The molecule has 0 fully saturated rings. The molecule has 2 atom stereocenters. The lowest BCUT2D eigenvalue weighted by Gasteiger charge is -2.19. The van der Waals surface area contributed by atoms with Gasteiger partial charge in [-0.15, -0.1) is 0 Å². The molecule has 0 spiro atoms. The summed E-state index contributed by atoms with van der Waals surface area (Å²) < 4.78 is 0. The minimum absolute atomic E-state index is 0.0735. The molecule has 7 nitrogen and oxygen atoms in total. The minimum Gasteiger partial charge on any atom is -0.508 e. The smallest absolute Gasteiger partial charge is 0.326 e. The summed E-state index contributed by atoms with van der Waals surface area (Å²) in [6.45, 7) is 1.75. The number of benzene rings is 1. The number of aromatic hydroxyl groups is 1. The molecule has 1 aromatic rings. The Kier molecular flexibility index (Phi) is 7.05. The summed E-state index contributed by atoms with van der Waals surface area (Å²) >= 11 is 0. The van der Waals surface area contributed by atoms with Gasteiger partial charge in [-0.3, -0.25) is 9.59 Å². The Balaban J connectivity index is 2.70. The summed E-state index contributed by atoms with van der Waals surface area (Å²) in [5.74, 6) is -3.08. The van der Waals surface area contributed by atoms with Crippen molar-refractivity contribution >= 4 is 17.8 Å². The zero-order valence-corrected chi connectivity index (χ0v) is 12.9. The number of phenolic OH excluding ortho intramolecular Hbond substituents is 1. The predicted octanol–water partition coefficient (Wildman–Crippen LogP) is 1.40. The Morgan fingerprint density at radius 2 is 1.74 bits per heavy atom. The van der Waals surface area contributed by atoms with Crippen LogP contribution in [-0.4, -0.2) is 39.2 Å². The van der Waals surface area contributed by atoms with Gasteiger partial charge in [0.05, 0.1) is 0 Å². The summed E-state index contributed by atoms with van der Waals surface area (Å²) in [6, 6.07) is 4.94. The SMILES string of the molecule is CCC(CCC(=O)O)C(=O)N[C@@H](Cc1ccc(O)cc1)C(=O)O. The van der Waals surface area contributed by atoms with E-state index in [-0.39, 0.29) is 25.0 Å². The van der Waals surface area contributed by atoms with Gasteiger partial charge < -0.3 is 20.6 Å². The number of aliphatic carboxylic acids is 2. The first-order valence-corrected chi connectivity index (χ1v) is 7.36. The van der Waals surface area contributed by atoms with Crippen molar-refractivity contribution in [2.75, 3.05) is 0 Å². The van der Waals surface area contributed by atoms with Crippen molar-refractivity contribution in [3.05, 3.63) is 29.8 Å². The number of carboxylic acids is 2. The van der Waals surface area contributed by atoms with E-state index >= 15 is 0 Å². The number of rotatable bonds is 9. The molecule has 0 saturated heterocycles. The highest BCUT2D eigenvalue weighted by Gasteiger charge is 2.25. The van der Waals surface area contributed by atoms with Gasteiger partial charge in [0.15, 0.2) is 0 Å². The summed E-state index contributed by atoms with van der Waals surface area (Å²) in [5.41, 5.74) is 0.661. The van der Waals surface area contributed by atoms with E-state index in [1.807, 2.05) is 0 Å². The second kappa shape index (κ2) is 8.77. The van der Waals surface area contributed by atoms with Crippen LogP contribution in [0.4, 0.5) is 0 Å². The lowest BCUT2D eigenvalue weighted by molar-refractivity contribution is -0.143. The molecule has 0 bridgehead atoms. The Morgan fingerprint density at radius 1 is 1.13 bits per heavy atom. The highest BCUT2D eigenvalue weighted by atomic mass is 16.4. The third kappa shape index (κ3) is 6.37. The molecule has 1 unspecified atom stereocenters. The van der Waals surface area contributed by atoms with Crippen molar-refractivity contribution in [1.82, 2.24) is 5.32 Å². The monoisotopic (exact) mass is 323 g/mol. The van der Waals surface area contributed by atoms with Crippen LogP contribution < -0.4 is 5.32 Å². The topological polar surface area (TPSA) is 124 Å². The lowest BCUT2D eigenvalue weighted by atomic mass is 9.98.